The van der Waals surface area contributed by atoms with Gasteiger partial charge in [-0.15, -0.1) is 0 Å². The molecule has 0 aliphatic rings. The number of halogens is 2. The Balaban J connectivity index is 2.48. The van der Waals surface area contributed by atoms with Crippen molar-refractivity contribution in [1.82, 2.24) is 4.98 Å². The average molecular weight is 351 g/mol. The maximum absolute atomic E-state index is 12.5. The summed E-state index contributed by atoms with van der Waals surface area (Å²) in [5.41, 5.74) is 2.71. The van der Waals surface area contributed by atoms with Crippen molar-refractivity contribution >= 4 is 49.3 Å². The molecule has 0 aliphatic carbocycles. The molecule has 1 aromatic heterocycles. The minimum atomic E-state index is 0.0125. The van der Waals surface area contributed by atoms with E-state index in [1.807, 2.05) is 18.2 Å². The number of nitrogens with one attached hydrogen (secondary N) is 1. The smallest absolute Gasteiger partial charge is 0.197 e. The molecular formula is C16H13BrClNO. The van der Waals surface area contributed by atoms with Gasteiger partial charge in [0.25, 0.3) is 0 Å². The van der Waals surface area contributed by atoms with E-state index in [1.165, 1.54) is 5.56 Å². The molecule has 1 N–H and O–H groups in total. The lowest BCUT2D eigenvalue weighted by molar-refractivity contribution is 0.868. The van der Waals surface area contributed by atoms with Crippen molar-refractivity contribution in [3.63, 3.8) is 0 Å². The molecule has 0 radical (unpaired) electrons. The Bertz CT molecular complexity index is 883. The summed E-state index contributed by atoms with van der Waals surface area (Å²) in [5, 5.41) is 1.85. The number of H-pyrrole nitrogens is 1. The van der Waals surface area contributed by atoms with Crippen molar-refractivity contribution < 1.29 is 0 Å². The van der Waals surface area contributed by atoms with Crippen molar-refractivity contribution in [2.45, 2.75) is 19.8 Å². The van der Waals surface area contributed by atoms with Crippen LogP contribution in [-0.4, -0.2) is 4.98 Å². The minimum Gasteiger partial charge on any atom is -0.353 e. The van der Waals surface area contributed by atoms with Gasteiger partial charge in [-0.2, -0.15) is 0 Å². The number of rotatable bonds is 1. The topological polar surface area (TPSA) is 32.9 Å². The number of pyridine rings is 1. The van der Waals surface area contributed by atoms with E-state index in [-0.39, 0.29) is 5.43 Å². The second-order valence-electron chi connectivity index (χ2n) is 5.20. The van der Waals surface area contributed by atoms with E-state index >= 15 is 0 Å². The van der Waals surface area contributed by atoms with Crippen LogP contribution in [0, 0.1) is 0 Å². The molecule has 102 valence electrons. The molecule has 2 aromatic carbocycles. The largest absolute Gasteiger partial charge is 0.353 e. The zero-order valence-corrected chi connectivity index (χ0v) is 13.5. The molecule has 1 heterocycles. The molecular weight excluding hydrogens is 338 g/mol. The Hall–Kier alpha value is -1.32. The number of aromatic amines is 1. The summed E-state index contributed by atoms with van der Waals surface area (Å²) >= 11 is 9.67. The van der Waals surface area contributed by atoms with E-state index in [0.717, 1.165) is 9.99 Å². The molecule has 0 aliphatic heterocycles. The standard InChI is InChI=1S/C16H13BrClNO/c1-8(2)9-3-4-10-13(7-9)19-15-11(16(10)20)5-6-12(17)14(15)18/h3-8H,1-2H3,(H,19,20). The summed E-state index contributed by atoms with van der Waals surface area (Å²) in [6.07, 6.45) is 0. The molecule has 3 aromatic rings. The molecule has 0 saturated carbocycles. The SMILES string of the molecule is CC(C)c1ccc2c(=O)c3ccc(Br)c(Cl)c3[nH]c2c1. The molecule has 0 fully saturated rings. The first-order valence-electron chi connectivity index (χ1n) is 6.42. The van der Waals surface area contributed by atoms with Crippen molar-refractivity contribution in [2.75, 3.05) is 0 Å². The number of hydrogen-bond donors (Lipinski definition) is 1. The van der Waals surface area contributed by atoms with E-state index in [1.54, 1.807) is 12.1 Å². The van der Waals surface area contributed by atoms with Gasteiger partial charge in [-0.1, -0.05) is 31.5 Å². The average Bonchev–Trinajstić information content (AvgIpc) is 2.43. The van der Waals surface area contributed by atoms with Crippen molar-refractivity contribution in [2.24, 2.45) is 0 Å². The molecule has 0 bridgehead atoms. The van der Waals surface area contributed by atoms with Crippen LogP contribution in [0.2, 0.25) is 5.02 Å². The van der Waals surface area contributed by atoms with Crippen LogP contribution in [-0.2, 0) is 0 Å². The van der Waals surface area contributed by atoms with Gasteiger partial charge in [0, 0.05) is 15.2 Å². The lowest BCUT2D eigenvalue weighted by Gasteiger charge is -2.09. The van der Waals surface area contributed by atoms with E-state index in [0.29, 0.717) is 27.2 Å². The molecule has 20 heavy (non-hydrogen) atoms. The highest BCUT2D eigenvalue weighted by molar-refractivity contribution is 9.10. The minimum absolute atomic E-state index is 0.0125. The van der Waals surface area contributed by atoms with E-state index < -0.39 is 0 Å². The summed E-state index contributed by atoms with van der Waals surface area (Å²) in [4.78, 5) is 15.8. The third kappa shape index (κ3) is 2.05. The molecule has 2 nitrogen and oxygen atoms in total. The molecule has 0 spiro atoms. The zero-order valence-electron chi connectivity index (χ0n) is 11.1. The van der Waals surface area contributed by atoms with Gasteiger partial charge in [-0.3, -0.25) is 4.79 Å². The molecule has 0 unspecified atom stereocenters. The van der Waals surface area contributed by atoms with Gasteiger partial charge in [0.05, 0.1) is 16.1 Å². The second-order valence-corrected chi connectivity index (χ2v) is 6.43. The first kappa shape index (κ1) is 13.7. The fourth-order valence-electron chi connectivity index (χ4n) is 2.36. The van der Waals surface area contributed by atoms with Crippen LogP contribution in [0.1, 0.15) is 25.3 Å². The highest BCUT2D eigenvalue weighted by atomic mass is 79.9. The third-order valence-corrected chi connectivity index (χ3v) is 4.84. The number of fused-ring (bicyclic) bond motifs is 2. The number of aromatic nitrogens is 1. The molecule has 3 rings (SSSR count). The maximum Gasteiger partial charge on any atom is 0.197 e. The highest BCUT2D eigenvalue weighted by Gasteiger charge is 2.11. The van der Waals surface area contributed by atoms with Gasteiger partial charge < -0.3 is 4.98 Å². The van der Waals surface area contributed by atoms with Crippen LogP contribution < -0.4 is 5.43 Å². The van der Waals surface area contributed by atoms with Gasteiger partial charge >= 0.3 is 0 Å². The van der Waals surface area contributed by atoms with Crippen LogP contribution in [0.25, 0.3) is 21.8 Å². The van der Waals surface area contributed by atoms with Crippen molar-refractivity contribution in [3.05, 3.63) is 55.6 Å². The Morgan fingerprint density at radius 3 is 2.55 bits per heavy atom. The van der Waals surface area contributed by atoms with Gasteiger partial charge in [0.2, 0.25) is 0 Å². The Kier molecular flexibility index (Phi) is 3.35. The van der Waals surface area contributed by atoms with E-state index in [9.17, 15) is 4.79 Å². The maximum atomic E-state index is 12.5. The first-order valence-corrected chi connectivity index (χ1v) is 7.60. The second kappa shape index (κ2) is 4.90. The van der Waals surface area contributed by atoms with Crippen LogP contribution in [0.15, 0.2) is 39.6 Å². The normalized spacial score (nSPS) is 11.7. The molecule has 0 saturated heterocycles. The van der Waals surface area contributed by atoms with E-state index in [4.69, 9.17) is 11.6 Å². The summed E-state index contributed by atoms with van der Waals surface area (Å²) in [7, 11) is 0. The highest BCUT2D eigenvalue weighted by Crippen LogP contribution is 2.30. The van der Waals surface area contributed by atoms with Gasteiger partial charge in [0.15, 0.2) is 5.43 Å². The zero-order chi connectivity index (χ0) is 14.4. The van der Waals surface area contributed by atoms with Crippen molar-refractivity contribution in [1.29, 1.82) is 0 Å². The van der Waals surface area contributed by atoms with Gasteiger partial charge in [0.1, 0.15) is 0 Å². The summed E-state index contributed by atoms with van der Waals surface area (Å²) < 4.78 is 0.779. The van der Waals surface area contributed by atoms with Crippen molar-refractivity contribution in [3.8, 4) is 0 Å². The first-order chi connectivity index (χ1) is 9.49. The Labute approximate surface area is 129 Å². The van der Waals surface area contributed by atoms with Crippen LogP contribution in [0.4, 0.5) is 0 Å². The molecule has 0 amide bonds. The summed E-state index contributed by atoms with van der Waals surface area (Å²) in [6.45, 7) is 4.26. The molecule has 0 atom stereocenters. The summed E-state index contributed by atoms with van der Waals surface area (Å²) in [5.74, 6) is 0.414. The Morgan fingerprint density at radius 1 is 1.15 bits per heavy atom. The lowest BCUT2D eigenvalue weighted by Crippen LogP contribution is -2.05. The third-order valence-electron chi connectivity index (χ3n) is 3.55. The van der Waals surface area contributed by atoms with Gasteiger partial charge in [-0.25, -0.2) is 0 Å². The van der Waals surface area contributed by atoms with Crippen LogP contribution in [0.3, 0.4) is 0 Å². The van der Waals surface area contributed by atoms with Gasteiger partial charge in [-0.05, 0) is 51.7 Å². The monoisotopic (exact) mass is 349 g/mol. The van der Waals surface area contributed by atoms with Crippen LogP contribution in [0.5, 0.6) is 0 Å². The fraction of sp³-hybridized carbons (Fsp3) is 0.188. The predicted octanol–water partition coefficient (Wildman–Crippen LogP) is 5.22. The molecule has 4 heteroatoms. The quantitative estimate of drug-likeness (QED) is 0.600. The summed E-state index contributed by atoms with van der Waals surface area (Å²) in [6, 6.07) is 9.51. The van der Waals surface area contributed by atoms with E-state index in [2.05, 4.69) is 34.8 Å². The fourth-order valence-corrected chi connectivity index (χ4v) is 2.91. The van der Waals surface area contributed by atoms with Crippen LogP contribution >= 0.6 is 27.5 Å². The predicted molar refractivity (Wildman–Crippen MR) is 88.9 cm³/mol. The number of benzene rings is 2. The number of hydrogen-bond acceptors (Lipinski definition) is 1. The Morgan fingerprint density at radius 2 is 1.85 bits per heavy atom. The lowest BCUT2D eigenvalue weighted by atomic mass is 10.0.